The molecule has 4 heteroatoms. The van der Waals surface area contributed by atoms with Gasteiger partial charge in [0, 0.05) is 16.8 Å². The molecule has 1 unspecified atom stereocenters. The lowest BCUT2D eigenvalue weighted by Crippen LogP contribution is -2.25. The topological polar surface area (TPSA) is 42.2 Å². The van der Waals surface area contributed by atoms with Crippen LogP contribution in [0.4, 0.5) is 0 Å². The Bertz CT molecular complexity index is 502. The van der Waals surface area contributed by atoms with Crippen molar-refractivity contribution in [3.05, 3.63) is 36.1 Å². The molecule has 0 fully saturated rings. The Morgan fingerprint density at radius 1 is 1.44 bits per heavy atom. The van der Waals surface area contributed by atoms with E-state index in [1.165, 1.54) is 0 Å². The Balaban J connectivity index is 1.96. The van der Waals surface area contributed by atoms with Crippen molar-refractivity contribution in [2.75, 3.05) is 6.54 Å². The van der Waals surface area contributed by atoms with Crippen LogP contribution in [0.3, 0.4) is 0 Å². The van der Waals surface area contributed by atoms with E-state index in [2.05, 4.69) is 28.2 Å². The lowest BCUT2D eigenvalue weighted by atomic mass is 10.2. The predicted molar refractivity (Wildman–Crippen MR) is 76.2 cm³/mol. The number of amides is 1. The number of fused-ring (bicyclic) bond motifs is 1. The molecule has 0 aliphatic heterocycles. The molecule has 0 saturated carbocycles. The SMILES string of the molecule is CCC(Br)CCNC(=O)c1cc2ccccc2o1. The third kappa shape index (κ3) is 3.13. The Labute approximate surface area is 115 Å². The van der Waals surface area contributed by atoms with Gasteiger partial charge >= 0.3 is 0 Å². The molecule has 0 bridgehead atoms. The Hall–Kier alpha value is -1.29. The number of carbonyl (C=O) groups excluding carboxylic acids is 1. The number of furan rings is 1. The van der Waals surface area contributed by atoms with Crippen LogP contribution in [0.2, 0.25) is 0 Å². The van der Waals surface area contributed by atoms with Crippen molar-refractivity contribution in [2.24, 2.45) is 0 Å². The molecule has 96 valence electrons. The monoisotopic (exact) mass is 309 g/mol. The highest BCUT2D eigenvalue weighted by Crippen LogP contribution is 2.18. The normalized spacial score (nSPS) is 12.6. The van der Waals surface area contributed by atoms with Gasteiger partial charge in [-0.2, -0.15) is 0 Å². The van der Waals surface area contributed by atoms with Crippen molar-refractivity contribution in [2.45, 2.75) is 24.6 Å². The van der Waals surface area contributed by atoms with Gasteiger partial charge in [-0.25, -0.2) is 0 Å². The summed E-state index contributed by atoms with van der Waals surface area (Å²) in [7, 11) is 0. The fourth-order valence-corrected chi connectivity index (χ4v) is 1.96. The first-order chi connectivity index (χ1) is 8.70. The van der Waals surface area contributed by atoms with Crippen LogP contribution in [0.1, 0.15) is 30.3 Å². The van der Waals surface area contributed by atoms with E-state index in [0.29, 0.717) is 17.1 Å². The third-order valence-corrected chi connectivity index (χ3v) is 3.94. The van der Waals surface area contributed by atoms with Crippen molar-refractivity contribution in [1.29, 1.82) is 0 Å². The van der Waals surface area contributed by atoms with Crippen molar-refractivity contribution in [1.82, 2.24) is 5.32 Å². The molecule has 1 aromatic carbocycles. The number of hydrogen-bond donors (Lipinski definition) is 1. The molecule has 2 rings (SSSR count). The summed E-state index contributed by atoms with van der Waals surface area (Å²) in [5.74, 6) is 0.223. The number of nitrogens with one attached hydrogen (secondary N) is 1. The molecule has 1 aromatic heterocycles. The minimum absolute atomic E-state index is 0.151. The second-order valence-electron chi connectivity index (χ2n) is 4.20. The Morgan fingerprint density at radius 3 is 2.94 bits per heavy atom. The lowest BCUT2D eigenvalue weighted by molar-refractivity contribution is 0.0927. The first-order valence-electron chi connectivity index (χ1n) is 6.11. The molecule has 2 aromatic rings. The highest BCUT2D eigenvalue weighted by molar-refractivity contribution is 9.09. The number of benzene rings is 1. The van der Waals surface area contributed by atoms with Gasteiger partial charge < -0.3 is 9.73 Å². The largest absolute Gasteiger partial charge is 0.451 e. The quantitative estimate of drug-likeness (QED) is 0.855. The first kappa shape index (κ1) is 13.1. The second-order valence-corrected chi connectivity index (χ2v) is 5.49. The van der Waals surface area contributed by atoms with E-state index in [9.17, 15) is 4.79 Å². The summed E-state index contributed by atoms with van der Waals surface area (Å²) in [5, 5.41) is 3.82. The third-order valence-electron chi connectivity index (χ3n) is 2.84. The summed E-state index contributed by atoms with van der Waals surface area (Å²) >= 11 is 3.54. The van der Waals surface area contributed by atoms with Crippen molar-refractivity contribution in [3.63, 3.8) is 0 Å². The number of rotatable bonds is 5. The standard InChI is InChI=1S/C14H16BrNO2/c1-2-11(15)7-8-16-14(17)13-9-10-5-3-4-6-12(10)18-13/h3-6,9,11H,2,7-8H2,1H3,(H,16,17). The molecule has 1 atom stereocenters. The van der Waals surface area contributed by atoms with E-state index >= 15 is 0 Å². The maximum atomic E-state index is 11.9. The van der Waals surface area contributed by atoms with Gasteiger partial charge in [-0.1, -0.05) is 41.1 Å². The van der Waals surface area contributed by atoms with E-state index in [1.54, 1.807) is 6.07 Å². The molecule has 0 aliphatic carbocycles. The number of hydrogen-bond acceptors (Lipinski definition) is 2. The van der Waals surface area contributed by atoms with Crippen LogP contribution >= 0.6 is 15.9 Å². The molecule has 0 spiro atoms. The number of carbonyl (C=O) groups is 1. The fraction of sp³-hybridized carbons (Fsp3) is 0.357. The van der Waals surface area contributed by atoms with Gasteiger partial charge in [0.15, 0.2) is 5.76 Å². The van der Waals surface area contributed by atoms with Gasteiger partial charge in [0.2, 0.25) is 0 Å². The van der Waals surface area contributed by atoms with Gasteiger partial charge in [0.1, 0.15) is 5.58 Å². The van der Waals surface area contributed by atoms with Crippen LogP contribution in [-0.4, -0.2) is 17.3 Å². The molecule has 1 amide bonds. The lowest BCUT2D eigenvalue weighted by Gasteiger charge is -2.06. The molecule has 3 nitrogen and oxygen atoms in total. The maximum absolute atomic E-state index is 11.9. The van der Waals surface area contributed by atoms with Crippen LogP contribution < -0.4 is 5.32 Å². The molecule has 0 aliphatic rings. The van der Waals surface area contributed by atoms with Crippen LogP contribution in [0.25, 0.3) is 11.0 Å². The minimum atomic E-state index is -0.151. The summed E-state index contributed by atoms with van der Waals surface area (Å²) in [4.78, 5) is 12.3. The summed E-state index contributed by atoms with van der Waals surface area (Å²) in [5.41, 5.74) is 0.745. The average molecular weight is 310 g/mol. The fourth-order valence-electron chi connectivity index (χ4n) is 1.73. The minimum Gasteiger partial charge on any atom is -0.451 e. The zero-order chi connectivity index (χ0) is 13.0. The number of para-hydroxylation sites is 1. The van der Waals surface area contributed by atoms with E-state index in [1.807, 2.05) is 24.3 Å². The van der Waals surface area contributed by atoms with Gasteiger partial charge in [-0.05, 0) is 25.0 Å². The van der Waals surface area contributed by atoms with Crippen molar-refractivity contribution < 1.29 is 9.21 Å². The van der Waals surface area contributed by atoms with Crippen molar-refractivity contribution >= 4 is 32.8 Å². The summed E-state index contributed by atoms with van der Waals surface area (Å²) < 4.78 is 5.49. The first-order valence-corrected chi connectivity index (χ1v) is 7.03. The van der Waals surface area contributed by atoms with Crippen LogP contribution in [0, 0.1) is 0 Å². The second kappa shape index (κ2) is 6.05. The molecule has 1 N–H and O–H groups in total. The van der Waals surface area contributed by atoms with Crippen LogP contribution in [0.5, 0.6) is 0 Å². The van der Waals surface area contributed by atoms with E-state index < -0.39 is 0 Å². The smallest absolute Gasteiger partial charge is 0.287 e. The molecular formula is C14H16BrNO2. The zero-order valence-electron chi connectivity index (χ0n) is 10.3. The molecule has 0 saturated heterocycles. The van der Waals surface area contributed by atoms with Gasteiger partial charge in [0.05, 0.1) is 0 Å². The summed E-state index contributed by atoms with van der Waals surface area (Å²) in [6, 6.07) is 9.38. The Morgan fingerprint density at radius 2 is 2.22 bits per heavy atom. The zero-order valence-corrected chi connectivity index (χ0v) is 11.9. The van der Waals surface area contributed by atoms with E-state index in [0.717, 1.165) is 23.8 Å². The molecular weight excluding hydrogens is 294 g/mol. The molecule has 0 radical (unpaired) electrons. The van der Waals surface area contributed by atoms with E-state index in [-0.39, 0.29) is 5.91 Å². The molecule has 1 heterocycles. The van der Waals surface area contributed by atoms with Gasteiger partial charge in [-0.3, -0.25) is 4.79 Å². The highest BCUT2D eigenvalue weighted by Gasteiger charge is 2.11. The summed E-state index contributed by atoms with van der Waals surface area (Å²) in [6.07, 6.45) is 1.98. The maximum Gasteiger partial charge on any atom is 0.287 e. The van der Waals surface area contributed by atoms with Crippen LogP contribution in [0.15, 0.2) is 34.7 Å². The Kier molecular flexibility index (Phi) is 4.42. The highest BCUT2D eigenvalue weighted by atomic mass is 79.9. The van der Waals surface area contributed by atoms with Crippen molar-refractivity contribution in [3.8, 4) is 0 Å². The van der Waals surface area contributed by atoms with Gasteiger partial charge in [-0.15, -0.1) is 0 Å². The number of alkyl halides is 1. The predicted octanol–water partition coefficient (Wildman–Crippen LogP) is 3.73. The van der Waals surface area contributed by atoms with Crippen LogP contribution in [-0.2, 0) is 0 Å². The van der Waals surface area contributed by atoms with Gasteiger partial charge in [0.25, 0.3) is 5.91 Å². The van der Waals surface area contributed by atoms with E-state index in [4.69, 9.17) is 4.42 Å². The summed E-state index contributed by atoms with van der Waals surface area (Å²) in [6.45, 7) is 2.76. The number of halogens is 1. The average Bonchev–Trinajstić information content (AvgIpc) is 2.82. The molecule has 18 heavy (non-hydrogen) atoms.